The van der Waals surface area contributed by atoms with E-state index in [1.54, 1.807) is 0 Å². The van der Waals surface area contributed by atoms with Crippen molar-refractivity contribution in [1.29, 1.82) is 0 Å². The fourth-order valence-corrected chi connectivity index (χ4v) is 1.47. The number of halogens is 4. The van der Waals surface area contributed by atoms with Gasteiger partial charge in [0.1, 0.15) is 5.75 Å². The van der Waals surface area contributed by atoms with E-state index in [0.717, 1.165) is 6.07 Å². The SMILES string of the molecule is FC(F)(F)Oc1cc(Cl)c2occc2c1. The lowest BCUT2D eigenvalue weighted by molar-refractivity contribution is -0.274. The Labute approximate surface area is 87.2 Å². The first-order chi connectivity index (χ1) is 6.96. The summed E-state index contributed by atoms with van der Waals surface area (Å²) >= 11 is 5.69. The Bertz CT molecular complexity index is 490. The average Bonchev–Trinajstić information content (AvgIpc) is 2.48. The maximum absolute atomic E-state index is 11.9. The van der Waals surface area contributed by atoms with E-state index < -0.39 is 6.36 Å². The van der Waals surface area contributed by atoms with Crippen LogP contribution in [0.5, 0.6) is 5.75 Å². The first-order valence-corrected chi connectivity index (χ1v) is 4.26. The normalized spacial score (nSPS) is 12.0. The molecule has 15 heavy (non-hydrogen) atoms. The summed E-state index contributed by atoms with van der Waals surface area (Å²) in [6.07, 6.45) is -3.38. The monoisotopic (exact) mass is 236 g/mol. The minimum absolute atomic E-state index is 0.0803. The molecule has 0 aliphatic carbocycles. The van der Waals surface area contributed by atoms with Crippen LogP contribution in [0.15, 0.2) is 28.9 Å². The number of hydrogen-bond acceptors (Lipinski definition) is 2. The second-order valence-corrected chi connectivity index (χ2v) is 3.20. The molecule has 2 aromatic rings. The van der Waals surface area contributed by atoms with Gasteiger partial charge in [-0.1, -0.05) is 11.6 Å². The molecule has 0 bridgehead atoms. The van der Waals surface area contributed by atoms with E-state index in [4.69, 9.17) is 16.0 Å². The van der Waals surface area contributed by atoms with Crippen LogP contribution in [0.1, 0.15) is 0 Å². The highest BCUT2D eigenvalue weighted by molar-refractivity contribution is 6.35. The lowest BCUT2D eigenvalue weighted by Gasteiger charge is -2.08. The van der Waals surface area contributed by atoms with E-state index in [1.807, 2.05) is 0 Å². The van der Waals surface area contributed by atoms with Gasteiger partial charge in [-0.3, -0.25) is 0 Å². The molecule has 2 rings (SSSR count). The van der Waals surface area contributed by atoms with Crippen LogP contribution in [0.25, 0.3) is 11.0 Å². The van der Waals surface area contributed by atoms with Crippen molar-refractivity contribution in [2.24, 2.45) is 0 Å². The summed E-state index contributed by atoms with van der Waals surface area (Å²) in [6.45, 7) is 0. The fourth-order valence-electron chi connectivity index (χ4n) is 1.20. The second-order valence-electron chi connectivity index (χ2n) is 2.79. The quantitative estimate of drug-likeness (QED) is 0.747. The molecule has 0 saturated carbocycles. The van der Waals surface area contributed by atoms with Gasteiger partial charge in [0.2, 0.25) is 0 Å². The van der Waals surface area contributed by atoms with Gasteiger partial charge in [0.15, 0.2) is 5.58 Å². The largest absolute Gasteiger partial charge is 0.573 e. The van der Waals surface area contributed by atoms with E-state index >= 15 is 0 Å². The molecule has 0 amide bonds. The molecule has 1 aromatic carbocycles. The van der Waals surface area contributed by atoms with Crippen LogP contribution in [-0.2, 0) is 0 Å². The first-order valence-electron chi connectivity index (χ1n) is 3.88. The lowest BCUT2D eigenvalue weighted by atomic mass is 10.2. The van der Waals surface area contributed by atoms with Gasteiger partial charge in [0, 0.05) is 11.5 Å². The average molecular weight is 237 g/mol. The number of ether oxygens (including phenoxy) is 1. The number of fused-ring (bicyclic) bond motifs is 1. The number of alkyl halides is 3. The van der Waals surface area contributed by atoms with Crippen molar-refractivity contribution in [2.45, 2.75) is 6.36 Å². The maximum Gasteiger partial charge on any atom is 0.573 e. The van der Waals surface area contributed by atoms with Crippen molar-refractivity contribution in [1.82, 2.24) is 0 Å². The smallest absolute Gasteiger partial charge is 0.463 e. The summed E-state index contributed by atoms with van der Waals surface area (Å²) in [5.74, 6) is -0.360. The van der Waals surface area contributed by atoms with E-state index in [2.05, 4.69) is 4.74 Å². The molecule has 0 spiro atoms. The number of rotatable bonds is 1. The van der Waals surface area contributed by atoms with Gasteiger partial charge in [-0.05, 0) is 12.1 Å². The summed E-state index contributed by atoms with van der Waals surface area (Å²) < 4.78 is 44.4. The van der Waals surface area contributed by atoms with E-state index in [-0.39, 0.29) is 10.8 Å². The third-order valence-corrected chi connectivity index (χ3v) is 1.99. The van der Waals surface area contributed by atoms with Gasteiger partial charge < -0.3 is 9.15 Å². The molecule has 0 aliphatic rings. The van der Waals surface area contributed by atoms with Crippen LogP contribution in [-0.4, -0.2) is 6.36 Å². The van der Waals surface area contributed by atoms with E-state index in [0.29, 0.717) is 11.0 Å². The Morgan fingerprint density at radius 3 is 2.67 bits per heavy atom. The summed E-state index contributed by atoms with van der Waals surface area (Å²) in [7, 11) is 0. The third-order valence-electron chi connectivity index (χ3n) is 1.71. The topological polar surface area (TPSA) is 22.4 Å². The Morgan fingerprint density at radius 2 is 2.00 bits per heavy atom. The number of furan rings is 1. The minimum Gasteiger partial charge on any atom is -0.463 e. The zero-order chi connectivity index (χ0) is 11.1. The van der Waals surface area contributed by atoms with Crippen molar-refractivity contribution < 1.29 is 22.3 Å². The molecular formula is C9H4ClF3O2. The number of hydrogen-bond donors (Lipinski definition) is 0. The second kappa shape index (κ2) is 3.34. The maximum atomic E-state index is 11.9. The van der Waals surface area contributed by atoms with Crippen LogP contribution < -0.4 is 4.74 Å². The molecule has 2 nitrogen and oxygen atoms in total. The van der Waals surface area contributed by atoms with Crippen LogP contribution in [0.2, 0.25) is 5.02 Å². The van der Waals surface area contributed by atoms with E-state index in [1.165, 1.54) is 18.4 Å². The Hall–Kier alpha value is -1.36. The van der Waals surface area contributed by atoms with Gasteiger partial charge in [-0.2, -0.15) is 0 Å². The van der Waals surface area contributed by atoms with Gasteiger partial charge in [0.25, 0.3) is 0 Å². The number of benzene rings is 1. The Morgan fingerprint density at radius 1 is 1.27 bits per heavy atom. The van der Waals surface area contributed by atoms with Crippen LogP contribution in [0, 0.1) is 0 Å². The molecule has 0 saturated heterocycles. The Balaban J connectivity index is 2.45. The Kier molecular flexibility index (Phi) is 2.26. The van der Waals surface area contributed by atoms with E-state index in [9.17, 15) is 13.2 Å². The zero-order valence-electron chi connectivity index (χ0n) is 7.14. The molecule has 1 aromatic heterocycles. The summed E-state index contributed by atoms with van der Waals surface area (Å²) in [4.78, 5) is 0. The molecule has 0 aliphatic heterocycles. The van der Waals surface area contributed by atoms with Crippen molar-refractivity contribution >= 4 is 22.6 Å². The third kappa shape index (κ3) is 2.18. The lowest BCUT2D eigenvalue weighted by Crippen LogP contribution is -2.17. The standard InChI is InChI=1S/C9H4ClF3O2/c10-7-4-6(15-9(11,12)13)3-5-1-2-14-8(5)7/h1-4H. The first kappa shape index (κ1) is 10.2. The molecule has 0 atom stereocenters. The van der Waals surface area contributed by atoms with Crippen LogP contribution >= 0.6 is 11.6 Å². The van der Waals surface area contributed by atoms with Crippen LogP contribution in [0.3, 0.4) is 0 Å². The van der Waals surface area contributed by atoms with Gasteiger partial charge >= 0.3 is 6.36 Å². The van der Waals surface area contributed by atoms with Crippen molar-refractivity contribution in [3.63, 3.8) is 0 Å². The zero-order valence-corrected chi connectivity index (χ0v) is 7.89. The molecule has 0 radical (unpaired) electrons. The van der Waals surface area contributed by atoms with Gasteiger partial charge in [-0.25, -0.2) is 0 Å². The predicted octanol–water partition coefficient (Wildman–Crippen LogP) is 3.98. The highest BCUT2D eigenvalue weighted by Crippen LogP contribution is 2.32. The summed E-state index contributed by atoms with van der Waals surface area (Å²) in [6, 6.07) is 3.77. The van der Waals surface area contributed by atoms with Crippen LogP contribution in [0.4, 0.5) is 13.2 Å². The molecule has 6 heteroatoms. The minimum atomic E-state index is -4.72. The van der Waals surface area contributed by atoms with Crippen molar-refractivity contribution in [2.75, 3.05) is 0 Å². The fraction of sp³-hybridized carbons (Fsp3) is 0.111. The molecular weight excluding hydrogens is 233 g/mol. The molecule has 80 valence electrons. The van der Waals surface area contributed by atoms with Gasteiger partial charge in [-0.15, -0.1) is 13.2 Å². The molecule has 1 heterocycles. The highest BCUT2D eigenvalue weighted by Gasteiger charge is 2.31. The van der Waals surface area contributed by atoms with Gasteiger partial charge in [0.05, 0.1) is 11.3 Å². The molecule has 0 N–H and O–H groups in total. The molecule has 0 fully saturated rings. The summed E-state index contributed by atoms with van der Waals surface area (Å²) in [5, 5.41) is 0.540. The summed E-state index contributed by atoms with van der Waals surface area (Å²) in [5.41, 5.74) is 0.339. The predicted molar refractivity (Wildman–Crippen MR) is 47.9 cm³/mol. The molecule has 0 unspecified atom stereocenters. The van der Waals surface area contributed by atoms with Crippen molar-refractivity contribution in [3.05, 3.63) is 29.5 Å². The van der Waals surface area contributed by atoms with Crippen molar-refractivity contribution in [3.8, 4) is 5.75 Å². The highest BCUT2D eigenvalue weighted by atomic mass is 35.5.